The third-order valence-electron chi connectivity index (χ3n) is 2.20. The molecule has 5 heteroatoms. The number of aliphatic hydroxyl groups is 1. The number of rotatable bonds is 5. The monoisotopic (exact) mass is 255 g/mol. The van der Waals surface area contributed by atoms with E-state index in [0.717, 1.165) is 10.7 Å². The molecule has 0 aromatic carbocycles. The summed E-state index contributed by atoms with van der Waals surface area (Å²) in [6, 6.07) is 0. The summed E-state index contributed by atoms with van der Waals surface area (Å²) in [4.78, 5) is 15.5. The Labute approximate surface area is 105 Å². The first-order valence-electron chi connectivity index (χ1n) is 5.47. The van der Waals surface area contributed by atoms with E-state index in [1.807, 2.05) is 12.3 Å². The Balaban J connectivity index is 2.59. The largest absolute Gasteiger partial charge is 0.466 e. The van der Waals surface area contributed by atoms with Crippen LogP contribution in [0.1, 0.15) is 31.0 Å². The van der Waals surface area contributed by atoms with Crippen molar-refractivity contribution in [1.29, 1.82) is 0 Å². The molecule has 17 heavy (non-hydrogen) atoms. The van der Waals surface area contributed by atoms with E-state index in [1.54, 1.807) is 31.3 Å². The molecule has 0 aliphatic carbocycles. The van der Waals surface area contributed by atoms with Crippen LogP contribution < -0.4 is 0 Å². The molecule has 0 bridgehead atoms. The highest BCUT2D eigenvalue weighted by atomic mass is 32.1. The van der Waals surface area contributed by atoms with Crippen LogP contribution in [0.3, 0.4) is 0 Å². The van der Waals surface area contributed by atoms with Gasteiger partial charge in [0.05, 0.1) is 29.8 Å². The van der Waals surface area contributed by atoms with Crippen LogP contribution in [0.4, 0.5) is 0 Å². The van der Waals surface area contributed by atoms with Gasteiger partial charge in [-0.3, -0.25) is 4.79 Å². The molecule has 1 aromatic heterocycles. The number of carbonyl (C=O) groups is 1. The summed E-state index contributed by atoms with van der Waals surface area (Å²) >= 11 is 1.55. The predicted molar refractivity (Wildman–Crippen MR) is 67.8 cm³/mol. The number of nitrogens with zero attached hydrogens (tertiary/aromatic N) is 1. The minimum absolute atomic E-state index is 0.0146. The Bertz CT molecular complexity index is 412. The molecule has 4 nitrogen and oxygen atoms in total. The molecule has 0 radical (unpaired) electrons. The highest BCUT2D eigenvalue weighted by molar-refractivity contribution is 7.09. The van der Waals surface area contributed by atoms with Crippen LogP contribution in [0.25, 0.3) is 6.08 Å². The van der Waals surface area contributed by atoms with Crippen molar-refractivity contribution in [2.45, 2.75) is 33.3 Å². The Kier molecular flexibility index (Phi) is 5.31. The van der Waals surface area contributed by atoms with Crippen molar-refractivity contribution in [2.75, 3.05) is 6.61 Å². The third kappa shape index (κ3) is 4.66. The van der Waals surface area contributed by atoms with E-state index >= 15 is 0 Å². The van der Waals surface area contributed by atoms with E-state index in [1.165, 1.54) is 0 Å². The van der Waals surface area contributed by atoms with Gasteiger partial charge in [0.15, 0.2) is 0 Å². The molecule has 0 unspecified atom stereocenters. The normalized spacial score (nSPS) is 13.5. The summed E-state index contributed by atoms with van der Waals surface area (Å²) in [5.41, 5.74) is 1.52. The zero-order valence-corrected chi connectivity index (χ0v) is 11.1. The third-order valence-corrected chi connectivity index (χ3v) is 3.00. The quantitative estimate of drug-likeness (QED) is 0.819. The molecular weight excluding hydrogens is 238 g/mol. The molecule has 0 saturated carbocycles. The van der Waals surface area contributed by atoms with Crippen LogP contribution in [0.2, 0.25) is 0 Å². The molecule has 94 valence electrons. The van der Waals surface area contributed by atoms with Gasteiger partial charge in [0.1, 0.15) is 0 Å². The van der Waals surface area contributed by atoms with Gasteiger partial charge in [-0.1, -0.05) is 0 Å². The van der Waals surface area contributed by atoms with Gasteiger partial charge in [0.25, 0.3) is 0 Å². The van der Waals surface area contributed by atoms with Crippen molar-refractivity contribution >= 4 is 23.4 Å². The van der Waals surface area contributed by atoms with Crippen LogP contribution >= 0.6 is 11.3 Å². The van der Waals surface area contributed by atoms with Crippen LogP contribution in [0, 0.1) is 6.92 Å². The standard InChI is InChI=1S/C12H17NO3S/c1-4-16-12(15)6-11(14)8(2)5-10-7-17-9(3)13-10/h5,7,11,14H,4,6H2,1-3H3/b8-5+/t11-/m1/s1. The average Bonchev–Trinajstić information content (AvgIpc) is 2.64. The molecule has 1 aromatic rings. The molecule has 1 atom stereocenters. The zero-order chi connectivity index (χ0) is 12.8. The van der Waals surface area contributed by atoms with Crippen molar-refractivity contribution in [3.8, 4) is 0 Å². The molecular formula is C12H17NO3S. The van der Waals surface area contributed by atoms with Crippen LogP contribution in [0.15, 0.2) is 11.0 Å². The second kappa shape index (κ2) is 6.51. The molecule has 1 heterocycles. The van der Waals surface area contributed by atoms with Crippen LogP contribution in [0.5, 0.6) is 0 Å². The Morgan fingerprint density at radius 2 is 2.41 bits per heavy atom. The molecule has 0 spiro atoms. The number of thiazole rings is 1. The second-order valence-corrected chi connectivity index (χ2v) is 4.77. The highest BCUT2D eigenvalue weighted by Gasteiger charge is 2.13. The highest BCUT2D eigenvalue weighted by Crippen LogP contribution is 2.15. The minimum atomic E-state index is -0.809. The van der Waals surface area contributed by atoms with E-state index in [0.29, 0.717) is 12.2 Å². The molecule has 0 fully saturated rings. The summed E-state index contributed by atoms with van der Waals surface area (Å²) in [6.45, 7) is 5.77. The fourth-order valence-electron chi connectivity index (χ4n) is 1.31. The first kappa shape index (κ1) is 13.9. The SMILES string of the molecule is CCOC(=O)C[C@@H](O)/C(C)=C/c1csc(C)n1. The number of aryl methyl sites for hydroxylation is 1. The van der Waals surface area contributed by atoms with Crippen molar-refractivity contribution < 1.29 is 14.6 Å². The lowest BCUT2D eigenvalue weighted by Gasteiger charge is -2.09. The smallest absolute Gasteiger partial charge is 0.308 e. The Morgan fingerprint density at radius 3 is 2.94 bits per heavy atom. The number of carbonyl (C=O) groups excluding carboxylic acids is 1. The minimum Gasteiger partial charge on any atom is -0.466 e. The van der Waals surface area contributed by atoms with Gasteiger partial charge in [-0.25, -0.2) is 4.98 Å². The predicted octanol–water partition coefficient (Wildman–Crippen LogP) is 2.17. The summed E-state index contributed by atoms with van der Waals surface area (Å²) in [5, 5.41) is 12.7. The van der Waals surface area contributed by atoms with Crippen molar-refractivity contribution in [1.82, 2.24) is 4.98 Å². The van der Waals surface area contributed by atoms with Gasteiger partial charge >= 0.3 is 5.97 Å². The van der Waals surface area contributed by atoms with Crippen molar-refractivity contribution in [3.63, 3.8) is 0 Å². The first-order chi connectivity index (χ1) is 8.02. The Morgan fingerprint density at radius 1 is 1.71 bits per heavy atom. The lowest BCUT2D eigenvalue weighted by Crippen LogP contribution is -2.16. The fourth-order valence-corrected chi connectivity index (χ4v) is 1.88. The van der Waals surface area contributed by atoms with Gasteiger partial charge in [-0.15, -0.1) is 11.3 Å². The van der Waals surface area contributed by atoms with Crippen LogP contribution in [-0.4, -0.2) is 28.8 Å². The summed E-state index contributed by atoms with van der Waals surface area (Å²) in [5.74, 6) is -0.387. The second-order valence-electron chi connectivity index (χ2n) is 3.70. The van der Waals surface area contributed by atoms with E-state index in [2.05, 4.69) is 4.98 Å². The topological polar surface area (TPSA) is 59.4 Å². The Hall–Kier alpha value is -1.20. The van der Waals surface area contributed by atoms with E-state index in [9.17, 15) is 9.90 Å². The summed E-state index contributed by atoms with van der Waals surface area (Å²) in [6.07, 6.45) is 0.961. The summed E-state index contributed by atoms with van der Waals surface area (Å²) in [7, 11) is 0. The lowest BCUT2D eigenvalue weighted by atomic mass is 10.1. The van der Waals surface area contributed by atoms with E-state index < -0.39 is 6.10 Å². The maximum Gasteiger partial charge on any atom is 0.308 e. The van der Waals surface area contributed by atoms with E-state index in [-0.39, 0.29) is 12.4 Å². The number of hydrogen-bond donors (Lipinski definition) is 1. The number of aromatic nitrogens is 1. The van der Waals surface area contributed by atoms with Crippen molar-refractivity contribution in [3.05, 3.63) is 21.7 Å². The van der Waals surface area contributed by atoms with Gasteiger partial charge in [0.2, 0.25) is 0 Å². The number of ether oxygens (including phenoxy) is 1. The van der Waals surface area contributed by atoms with Gasteiger partial charge < -0.3 is 9.84 Å². The average molecular weight is 255 g/mol. The first-order valence-corrected chi connectivity index (χ1v) is 6.35. The lowest BCUT2D eigenvalue weighted by molar-refractivity contribution is -0.144. The fraction of sp³-hybridized carbons (Fsp3) is 0.500. The summed E-state index contributed by atoms with van der Waals surface area (Å²) < 4.78 is 4.78. The van der Waals surface area contributed by atoms with E-state index in [4.69, 9.17) is 4.74 Å². The molecule has 0 amide bonds. The van der Waals surface area contributed by atoms with Gasteiger partial charge in [-0.2, -0.15) is 0 Å². The van der Waals surface area contributed by atoms with Crippen molar-refractivity contribution in [2.24, 2.45) is 0 Å². The maximum absolute atomic E-state index is 11.2. The zero-order valence-electron chi connectivity index (χ0n) is 10.3. The van der Waals surface area contributed by atoms with Gasteiger partial charge in [0, 0.05) is 5.38 Å². The number of aliphatic hydroxyl groups excluding tert-OH is 1. The van der Waals surface area contributed by atoms with Gasteiger partial charge in [-0.05, 0) is 32.4 Å². The molecule has 0 aliphatic rings. The number of esters is 1. The number of hydrogen-bond acceptors (Lipinski definition) is 5. The molecule has 1 N–H and O–H groups in total. The van der Waals surface area contributed by atoms with Crippen LogP contribution in [-0.2, 0) is 9.53 Å². The molecule has 0 aliphatic heterocycles. The maximum atomic E-state index is 11.2. The molecule has 1 rings (SSSR count). The molecule has 0 saturated heterocycles.